The van der Waals surface area contributed by atoms with Crippen molar-refractivity contribution < 1.29 is 23.0 Å². The van der Waals surface area contributed by atoms with Crippen molar-refractivity contribution in [3.05, 3.63) is 63.2 Å². The van der Waals surface area contributed by atoms with Gasteiger partial charge in [0.2, 0.25) is 0 Å². The Labute approximate surface area is 181 Å². The minimum atomic E-state index is -3.02. The molecule has 1 amide bonds. The zero-order valence-corrected chi connectivity index (χ0v) is 17.6. The van der Waals surface area contributed by atoms with Crippen molar-refractivity contribution in [3.8, 4) is 11.5 Å². The normalized spacial score (nSPS) is 11.0. The summed E-state index contributed by atoms with van der Waals surface area (Å²) in [6.45, 7) is -0.691. The van der Waals surface area contributed by atoms with E-state index in [0.717, 1.165) is 0 Å². The Bertz CT molecular complexity index is 1150. The van der Waals surface area contributed by atoms with Crippen LogP contribution in [-0.4, -0.2) is 41.0 Å². The number of H-pyrrole nitrogens is 1. The molecule has 0 radical (unpaired) electrons. The Balaban J connectivity index is 1.91. The van der Waals surface area contributed by atoms with Crippen LogP contribution < -0.4 is 15.0 Å². The first-order chi connectivity index (χ1) is 14.8. The second-order valence-electron chi connectivity index (χ2n) is 6.64. The summed E-state index contributed by atoms with van der Waals surface area (Å²) in [6, 6.07) is 8.72. The number of carbonyl (C=O) groups is 1. The smallest absolute Gasteiger partial charge is 0.387 e. The number of rotatable bonds is 8. The zero-order valence-electron chi connectivity index (χ0n) is 16.8. The first-order valence-electron chi connectivity index (χ1n) is 9.43. The number of nitrogens with zero attached hydrogens (tertiary/aromatic N) is 2. The van der Waals surface area contributed by atoms with Crippen molar-refractivity contribution in [1.82, 2.24) is 14.9 Å². The Morgan fingerprint density at radius 2 is 2.00 bits per heavy atom. The predicted octanol–water partition coefficient (Wildman–Crippen LogP) is 4.24. The fraction of sp³-hybridized carbons (Fsp3) is 0.286. The van der Waals surface area contributed by atoms with Crippen molar-refractivity contribution in [2.45, 2.75) is 26.5 Å². The SMILES string of the molecule is CCCN(Cc1nc2cc(Cl)ccc2c(=O)[nH]1)C(=O)c1ccc(OC(F)F)c(OC)c1. The number of ether oxygens (including phenoxy) is 2. The molecule has 0 bridgehead atoms. The van der Waals surface area contributed by atoms with Gasteiger partial charge in [0.05, 0.1) is 24.6 Å². The molecule has 0 saturated carbocycles. The number of hydrogen-bond donors (Lipinski definition) is 1. The van der Waals surface area contributed by atoms with E-state index in [1.165, 1.54) is 30.2 Å². The van der Waals surface area contributed by atoms with Crippen LogP contribution in [0.15, 0.2) is 41.2 Å². The van der Waals surface area contributed by atoms with Crippen molar-refractivity contribution >= 4 is 28.4 Å². The topological polar surface area (TPSA) is 84.5 Å². The number of halogens is 3. The van der Waals surface area contributed by atoms with E-state index in [1.807, 2.05) is 6.92 Å². The highest BCUT2D eigenvalue weighted by Crippen LogP contribution is 2.30. The minimum absolute atomic E-state index is 0.00878. The summed E-state index contributed by atoms with van der Waals surface area (Å²) in [7, 11) is 1.29. The van der Waals surface area contributed by atoms with Gasteiger partial charge in [-0.05, 0) is 42.8 Å². The van der Waals surface area contributed by atoms with E-state index < -0.39 is 6.61 Å². The van der Waals surface area contributed by atoms with Crippen molar-refractivity contribution in [3.63, 3.8) is 0 Å². The van der Waals surface area contributed by atoms with Gasteiger partial charge < -0.3 is 19.4 Å². The van der Waals surface area contributed by atoms with Crippen LogP contribution in [0.4, 0.5) is 8.78 Å². The highest BCUT2D eigenvalue weighted by molar-refractivity contribution is 6.31. The number of hydrogen-bond acceptors (Lipinski definition) is 5. The lowest BCUT2D eigenvalue weighted by molar-refractivity contribution is -0.0512. The molecule has 0 saturated heterocycles. The molecule has 0 aliphatic carbocycles. The zero-order chi connectivity index (χ0) is 22.5. The molecule has 1 aromatic heterocycles. The van der Waals surface area contributed by atoms with E-state index >= 15 is 0 Å². The molecule has 2 aromatic carbocycles. The number of nitrogens with one attached hydrogen (secondary N) is 1. The van der Waals surface area contributed by atoms with Gasteiger partial charge in [0.15, 0.2) is 11.5 Å². The van der Waals surface area contributed by atoms with E-state index in [9.17, 15) is 18.4 Å². The van der Waals surface area contributed by atoms with Gasteiger partial charge in [-0.1, -0.05) is 18.5 Å². The first kappa shape index (κ1) is 22.5. The molecule has 31 heavy (non-hydrogen) atoms. The monoisotopic (exact) mass is 451 g/mol. The molecule has 0 atom stereocenters. The molecule has 0 unspecified atom stereocenters. The minimum Gasteiger partial charge on any atom is -0.493 e. The molecule has 3 aromatic rings. The molecule has 3 rings (SSSR count). The molecule has 1 heterocycles. The van der Waals surface area contributed by atoms with Gasteiger partial charge in [-0.25, -0.2) is 4.98 Å². The fourth-order valence-electron chi connectivity index (χ4n) is 3.12. The second kappa shape index (κ2) is 9.74. The number of amides is 1. The third-order valence-electron chi connectivity index (χ3n) is 4.47. The summed E-state index contributed by atoms with van der Waals surface area (Å²) in [5, 5.41) is 0.831. The van der Waals surface area contributed by atoms with Gasteiger partial charge in [-0.3, -0.25) is 9.59 Å². The van der Waals surface area contributed by atoms with E-state index in [1.54, 1.807) is 18.2 Å². The number of methoxy groups -OCH3 is 1. The van der Waals surface area contributed by atoms with Crippen LogP contribution in [0.5, 0.6) is 11.5 Å². The Morgan fingerprint density at radius 1 is 1.23 bits per heavy atom. The molecule has 164 valence electrons. The van der Waals surface area contributed by atoms with Crippen LogP contribution >= 0.6 is 11.6 Å². The van der Waals surface area contributed by atoms with Crippen LogP contribution in [0.2, 0.25) is 5.02 Å². The number of benzene rings is 2. The van der Waals surface area contributed by atoms with Gasteiger partial charge in [0.25, 0.3) is 11.5 Å². The number of carbonyl (C=O) groups excluding carboxylic acids is 1. The maximum absolute atomic E-state index is 13.1. The third-order valence-corrected chi connectivity index (χ3v) is 4.70. The Hall–Kier alpha value is -3.20. The second-order valence-corrected chi connectivity index (χ2v) is 7.08. The van der Waals surface area contributed by atoms with Gasteiger partial charge >= 0.3 is 6.61 Å². The molecule has 7 nitrogen and oxygen atoms in total. The summed E-state index contributed by atoms with van der Waals surface area (Å²) in [5.41, 5.74) is 0.305. The molecular formula is C21H20ClF2N3O4. The Kier molecular flexibility index (Phi) is 7.06. The van der Waals surface area contributed by atoms with E-state index in [-0.39, 0.29) is 35.1 Å². The highest BCUT2D eigenvalue weighted by Gasteiger charge is 2.20. The van der Waals surface area contributed by atoms with Crippen molar-refractivity contribution in [2.75, 3.05) is 13.7 Å². The quantitative estimate of drug-likeness (QED) is 0.553. The summed E-state index contributed by atoms with van der Waals surface area (Å²) < 4.78 is 34.5. The van der Waals surface area contributed by atoms with Crippen LogP contribution in [0.25, 0.3) is 10.9 Å². The van der Waals surface area contributed by atoms with E-state index in [2.05, 4.69) is 14.7 Å². The summed E-state index contributed by atoms with van der Waals surface area (Å²) in [5.74, 6) is -0.244. The number of aromatic amines is 1. The Morgan fingerprint density at radius 3 is 2.68 bits per heavy atom. The fourth-order valence-corrected chi connectivity index (χ4v) is 3.28. The van der Waals surface area contributed by atoms with Crippen molar-refractivity contribution in [2.24, 2.45) is 0 Å². The van der Waals surface area contributed by atoms with E-state index in [4.69, 9.17) is 16.3 Å². The number of aromatic nitrogens is 2. The van der Waals surface area contributed by atoms with Gasteiger partial charge in [0.1, 0.15) is 5.82 Å². The van der Waals surface area contributed by atoms with Crippen LogP contribution in [0, 0.1) is 0 Å². The summed E-state index contributed by atoms with van der Waals surface area (Å²) in [6.07, 6.45) is 0.652. The molecule has 0 spiro atoms. The average molecular weight is 452 g/mol. The first-order valence-corrected chi connectivity index (χ1v) is 9.80. The summed E-state index contributed by atoms with van der Waals surface area (Å²) >= 11 is 6.00. The van der Waals surface area contributed by atoms with Gasteiger partial charge in [-0.2, -0.15) is 8.78 Å². The van der Waals surface area contributed by atoms with Crippen LogP contribution in [0.1, 0.15) is 29.5 Å². The number of alkyl halides is 2. The largest absolute Gasteiger partial charge is 0.493 e. The molecule has 0 fully saturated rings. The van der Waals surface area contributed by atoms with Crippen LogP contribution in [-0.2, 0) is 6.54 Å². The lowest BCUT2D eigenvalue weighted by atomic mass is 10.1. The molecule has 0 aliphatic heterocycles. The molecular weight excluding hydrogens is 432 g/mol. The van der Waals surface area contributed by atoms with Gasteiger partial charge in [0, 0.05) is 17.1 Å². The predicted molar refractivity (Wildman–Crippen MR) is 112 cm³/mol. The van der Waals surface area contributed by atoms with Crippen LogP contribution in [0.3, 0.4) is 0 Å². The maximum atomic E-state index is 13.1. The highest BCUT2D eigenvalue weighted by atomic mass is 35.5. The lowest BCUT2D eigenvalue weighted by Gasteiger charge is -2.22. The van der Waals surface area contributed by atoms with Crippen molar-refractivity contribution in [1.29, 1.82) is 0 Å². The standard InChI is InChI=1S/C21H20ClF2N3O4/c1-3-8-27(11-18-25-15-10-13(22)5-6-14(15)19(28)26-18)20(29)12-4-7-16(31-21(23)24)17(9-12)30-2/h4-7,9-10,21H,3,8,11H2,1-2H3,(H,25,26,28). The lowest BCUT2D eigenvalue weighted by Crippen LogP contribution is -2.32. The maximum Gasteiger partial charge on any atom is 0.387 e. The van der Waals surface area contributed by atoms with E-state index in [0.29, 0.717) is 34.7 Å². The average Bonchev–Trinajstić information content (AvgIpc) is 2.72. The summed E-state index contributed by atoms with van der Waals surface area (Å²) in [4.78, 5) is 34.0. The molecule has 0 aliphatic rings. The molecule has 10 heteroatoms. The third kappa shape index (κ3) is 5.29. The van der Waals surface area contributed by atoms with Gasteiger partial charge in [-0.15, -0.1) is 0 Å². The molecule has 1 N–H and O–H groups in total. The number of fused-ring (bicyclic) bond motifs is 1.